The maximum Gasteiger partial charge on any atom is 0.129 e. The van der Waals surface area contributed by atoms with Crippen molar-refractivity contribution in [2.24, 2.45) is 0 Å². The van der Waals surface area contributed by atoms with Crippen LogP contribution in [0.4, 0.5) is 0 Å². The number of nitrogens with zero attached hydrogens (tertiary/aromatic N) is 2. The van der Waals surface area contributed by atoms with Crippen LogP contribution in [0.1, 0.15) is 5.56 Å². The molecule has 0 bridgehead atoms. The molecule has 0 fully saturated rings. The number of ether oxygens (including phenoxy) is 1. The molecule has 0 aliphatic carbocycles. The van der Waals surface area contributed by atoms with E-state index in [1.54, 1.807) is 6.20 Å². The van der Waals surface area contributed by atoms with Gasteiger partial charge in [0.15, 0.2) is 0 Å². The normalized spacial score (nSPS) is 10.3. The first-order valence-corrected chi connectivity index (χ1v) is 6.05. The molecule has 4 nitrogen and oxygen atoms in total. The fourth-order valence-electron chi connectivity index (χ4n) is 1.87. The van der Waals surface area contributed by atoms with Gasteiger partial charge in [-0.3, -0.25) is 0 Å². The van der Waals surface area contributed by atoms with Gasteiger partial charge in [-0.25, -0.2) is 0 Å². The van der Waals surface area contributed by atoms with E-state index in [-0.39, 0.29) is 0 Å². The maximum atomic E-state index is 5.87. The molecule has 0 radical (unpaired) electrons. The van der Waals surface area contributed by atoms with E-state index in [1.807, 2.05) is 54.6 Å². The number of aromatic amines is 1. The van der Waals surface area contributed by atoms with Gasteiger partial charge in [0, 0.05) is 5.56 Å². The number of nitrogens with one attached hydrogen (secondary N) is 1. The zero-order valence-electron chi connectivity index (χ0n) is 10.3. The van der Waals surface area contributed by atoms with Gasteiger partial charge in [-0.2, -0.15) is 15.4 Å². The molecule has 1 N–H and O–H groups in total. The van der Waals surface area contributed by atoms with Gasteiger partial charge in [0.2, 0.25) is 0 Å². The number of H-pyrrole nitrogens is 1. The van der Waals surface area contributed by atoms with E-state index in [9.17, 15) is 0 Å². The van der Waals surface area contributed by atoms with Gasteiger partial charge in [0.1, 0.15) is 18.1 Å². The highest BCUT2D eigenvalue weighted by Crippen LogP contribution is 2.28. The first kappa shape index (κ1) is 11.5. The van der Waals surface area contributed by atoms with Crippen LogP contribution in [-0.4, -0.2) is 15.4 Å². The standard InChI is InChI=1S/C15H13N3O/c1-2-6-12(7-3-1)11-19-15-9-5-4-8-13(15)14-10-16-18-17-14/h1-10H,11H2,(H,16,17,18). The van der Waals surface area contributed by atoms with Crippen LogP contribution in [0.25, 0.3) is 11.3 Å². The van der Waals surface area contributed by atoms with Crippen LogP contribution in [0.15, 0.2) is 60.8 Å². The van der Waals surface area contributed by atoms with E-state index in [2.05, 4.69) is 15.4 Å². The quantitative estimate of drug-likeness (QED) is 0.775. The first-order chi connectivity index (χ1) is 9.43. The van der Waals surface area contributed by atoms with Crippen LogP contribution in [0.3, 0.4) is 0 Å². The molecule has 2 aromatic carbocycles. The highest BCUT2D eigenvalue weighted by molar-refractivity contribution is 5.65. The molecule has 1 aromatic heterocycles. The third-order valence-electron chi connectivity index (χ3n) is 2.82. The number of rotatable bonds is 4. The van der Waals surface area contributed by atoms with E-state index in [4.69, 9.17) is 4.74 Å². The Morgan fingerprint density at radius 2 is 1.74 bits per heavy atom. The van der Waals surface area contributed by atoms with Crippen molar-refractivity contribution in [1.82, 2.24) is 15.4 Å². The Morgan fingerprint density at radius 1 is 0.947 bits per heavy atom. The van der Waals surface area contributed by atoms with Crippen molar-refractivity contribution in [2.75, 3.05) is 0 Å². The Balaban J connectivity index is 1.82. The lowest BCUT2D eigenvalue weighted by molar-refractivity contribution is 0.307. The molecule has 0 saturated carbocycles. The van der Waals surface area contributed by atoms with Crippen LogP contribution in [0.2, 0.25) is 0 Å². The Hall–Kier alpha value is -2.62. The number of aromatic nitrogens is 3. The zero-order valence-corrected chi connectivity index (χ0v) is 10.3. The molecule has 94 valence electrons. The Morgan fingerprint density at radius 3 is 2.53 bits per heavy atom. The Bertz CT molecular complexity index is 636. The molecule has 3 aromatic rings. The van der Waals surface area contributed by atoms with E-state index < -0.39 is 0 Å². The van der Waals surface area contributed by atoms with Crippen molar-refractivity contribution in [3.8, 4) is 17.0 Å². The minimum absolute atomic E-state index is 0.537. The smallest absolute Gasteiger partial charge is 0.129 e. The lowest BCUT2D eigenvalue weighted by atomic mass is 10.1. The molecule has 0 atom stereocenters. The van der Waals surface area contributed by atoms with Gasteiger partial charge in [-0.15, -0.1) is 0 Å². The number of benzene rings is 2. The van der Waals surface area contributed by atoms with Gasteiger partial charge >= 0.3 is 0 Å². The average Bonchev–Trinajstić information content (AvgIpc) is 3.01. The summed E-state index contributed by atoms with van der Waals surface area (Å²) >= 11 is 0. The zero-order chi connectivity index (χ0) is 12.9. The summed E-state index contributed by atoms with van der Waals surface area (Å²) in [5, 5.41) is 10.5. The van der Waals surface area contributed by atoms with E-state index in [1.165, 1.54) is 0 Å². The molecular formula is C15H13N3O. The lowest BCUT2D eigenvalue weighted by Crippen LogP contribution is -1.96. The highest BCUT2D eigenvalue weighted by Gasteiger charge is 2.08. The summed E-state index contributed by atoms with van der Waals surface area (Å²) < 4.78 is 5.87. The molecule has 0 amide bonds. The van der Waals surface area contributed by atoms with Gasteiger partial charge in [-0.1, -0.05) is 42.5 Å². The summed E-state index contributed by atoms with van der Waals surface area (Å²) in [5.74, 6) is 0.806. The molecule has 0 aliphatic heterocycles. The minimum Gasteiger partial charge on any atom is -0.488 e. The monoisotopic (exact) mass is 251 g/mol. The predicted octanol–water partition coefficient (Wildman–Crippen LogP) is 3.05. The van der Waals surface area contributed by atoms with Crippen LogP contribution in [0, 0.1) is 0 Å². The van der Waals surface area contributed by atoms with E-state index in [0.29, 0.717) is 6.61 Å². The van der Waals surface area contributed by atoms with Crippen molar-refractivity contribution >= 4 is 0 Å². The topological polar surface area (TPSA) is 50.8 Å². The molecule has 0 saturated heterocycles. The van der Waals surface area contributed by atoms with Crippen molar-refractivity contribution in [2.45, 2.75) is 6.61 Å². The molecule has 3 rings (SSSR count). The summed E-state index contributed by atoms with van der Waals surface area (Å²) in [4.78, 5) is 0. The summed E-state index contributed by atoms with van der Waals surface area (Å²) in [6.45, 7) is 0.537. The van der Waals surface area contributed by atoms with Gasteiger partial charge in [-0.05, 0) is 17.7 Å². The van der Waals surface area contributed by atoms with Gasteiger partial charge in [0.05, 0.1) is 6.20 Å². The second-order valence-electron chi connectivity index (χ2n) is 4.13. The summed E-state index contributed by atoms with van der Waals surface area (Å²) in [6.07, 6.45) is 1.69. The molecule has 0 aliphatic rings. The fourth-order valence-corrected chi connectivity index (χ4v) is 1.87. The highest BCUT2D eigenvalue weighted by atomic mass is 16.5. The second-order valence-corrected chi connectivity index (χ2v) is 4.13. The molecule has 0 unspecified atom stereocenters. The molecule has 19 heavy (non-hydrogen) atoms. The van der Waals surface area contributed by atoms with Crippen molar-refractivity contribution in [3.05, 3.63) is 66.4 Å². The van der Waals surface area contributed by atoms with Crippen molar-refractivity contribution in [3.63, 3.8) is 0 Å². The van der Waals surface area contributed by atoms with Crippen LogP contribution < -0.4 is 4.74 Å². The lowest BCUT2D eigenvalue weighted by Gasteiger charge is -2.09. The molecular weight excluding hydrogens is 238 g/mol. The van der Waals surface area contributed by atoms with Crippen molar-refractivity contribution in [1.29, 1.82) is 0 Å². The average molecular weight is 251 g/mol. The van der Waals surface area contributed by atoms with Crippen molar-refractivity contribution < 1.29 is 4.74 Å². The van der Waals surface area contributed by atoms with Gasteiger partial charge < -0.3 is 4.74 Å². The molecule has 4 heteroatoms. The summed E-state index contributed by atoms with van der Waals surface area (Å²) in [5.41, 5.74) is 2.85. The minimum atomic E-state index is 0.537. The summed E-state index contributed by atoms with van der Waals surface area (Å²) in [7, 11) is 0. The Labute approximate surface area is 111 Å². The second kappa shape index (κ2) is 5.35. The number of para-hydroxylation sites is 1. The van der Waals surface area contributed by atoms with E-state index in [0.717, 1.165) is 22.6 Å². The number of hydrogen-bond acceptors (Lipinski definition) is 3. The first-order valence-electron chi connectivity index (χ1n) is 6.05. The third-order valence-corrected chi connectivity index (χ3v) is 2.82. The number of hydrogen-bond donors (Lipinski definition) is 1. The van der Waals surface area contributed by atoms with Gasteiger partial charge in [0.25, 0.3) is 0 Å². The van der Waals surface area contributed by atoms with E-state index >= 15 is 0 Å². The SMILES string of the molecule is c1ccc(COc2ccccc2-c2cn[nH]n2)cc1. The predicted molar refractivity (Wildman–Crippen MR) is 72.6 cm³/mol. The third kappa shape index (κ3) is 2.63. The molecule has 1 heterocycles. The largest absolute Gasteiger partial charge is 0.488 e. The fraction of sp³-hybridized carbons (Fsp3) is 0.0667. The summed E-state index contributed by atoms with van der Waals surface area (Å²) in [6, 6.07) is 17.9. The molecule has 0 spiro atoms. The van der Waals surface area contributed by atoms with Crippen LogP contribution in [-0.2, 0) is 6.61 Å². The van der Waals surface area contributed by atoms with Crippen LogP contribution >= 0.6 is 0 Å². The Kier molecular flexibility index (Phi) is 3.23. The van der Waals surface area contributed by atoms with Crippen LogP contribution in [0.5, 0.6) is 5.75 Å². The maximum absolute atomic E-state index is 5.87.